The first kappa shape index (κ1) is 20.8. The molecular weight excluding hydrogens is 454 g/mol. The molecular formula is C23H23N7O3S. The molecule has 11 heteroatoms. The highest BCUT2D eigenvalue weighted by Gasteiger charge is 2.28. The van der Waals surface area contributed by atoms with E-state index in [1.54, 1.807) is 21.6 Å². The Morgan fingerprint density at radius 2 is 2.00 bits per heavy atom. The van der Waals surface area contributed by atoms with Gasteiger partial charge in [-0.05, 0) is 79.5 Å². The van der Waals surface area contributed by atoms with Gasteiger partial charge in [0.15, 0.2) is 10.7 Å². The van der Waals surface area contributed by atoms with Crippen LogP contribution in [0.1, 0.15) is 42.0 Å². The summed E-state index contributed by atoms with van der Waals surface area (Å²) < 4.78 is 31.2. The third-order valence-electron chi connectivity index (χ3n) is 6.43. The average molecular weight is 478 g/mol. The number of carbonyl (C=O) groups excluding carboxylic acids is 1. The maximum Gasteiger partial charge on any atom is 0.333 e. The number of nitrogens with one attached hydrogen (secondary N) is 2. The van der Waals surface area contributed by atoms with Gasteiger partial charge >= 0.3 is 6.03 Å². The van der Waals surface area contributed by atoms with E-state index in [1.807, 2.05) is 25.3 Å². The quantitative estimate of drug-likeness (QED) is 0.455. The molecule has 4 aromatic rings. The molecule has 0 saturated heterocycles. The lowest BCUT2D eigenvalue weighted by molar-refractivity contribution is 0.256. The van der Waals surface area contributed by atoms with Gasteiger partial charge in [-0.2, -0.15) is 13.5 Å². The van der Waals surface area contributed by atoms with E-state index < -0.39 is 16.1 Å². The fraction of sp³-hybridized carbons (Fsp3) is 0.304. The molecule has 0 atom stereocenters. The Labute approximate surface area is 196 Å². The van der Waals surface area contributed by atoms with Crippen LogP contribution in [-0.4, -0.2) is 38.8 Å². The molecule has 1 saturated carbocycles. The van der Waals surface area contributed by atoms with Gasteiger partial charge in [-0.1, -0.05) is 6.07 Å². The minimum absolute atomic E-state index is 0.165. The van der Waals surface area contributed by atoms with Crippen LogP contribution in [0.2, 0.25) is 0 Å². The Kier molecular flexibility index (Phi) is 4.70. The van der Waals surface area contributed by atoms with Gasteiger partial charge < -0.3 is 5.32 Å². The number of urea groups is 1. The molecule has 10 nitrogen and oxygen atoms in total. The highest BCUT2D eigenvalue weighted by molar-refractivity contribution is 7.90. The third kappa shape index (κ3) is 3.61. The number of hydrogen-bond acceptors (Lipinski definition) is 6. The second kappa shape index (κ2) is 7.66. The normalized spacial score (nSPS) is 15.4. The van der Waals surface area contributed by atoms with E-state index in [0.29, 0.717) is 11.3 Å². The van der Waals surface area contributed by atoms with Crippen LogP contribution in [0.25, 0.3) is 16.8 Å². The number of rotatable bonds is 5. The number of carbonyl (C=O) groups is 1. The summed E-state index contributed by atoms with van der Waals surface area (Å²) in [4.78, 5) is 13.0. The molecule has 6 rings (SSSR count). The van der Waals surface area contributed by atoms with Crippen molar-refractivity contribution in [1.82, 2.24) is 29.1 Å². The van der Waals surface area contributed by atoms with Crippen molar-refractivity contribution in [2.45, 2.75) is 50.1 Å². The summed E-state index contributed by atoms with van der Waals surface area (Å²) in [6.07, 6.45) is 9.80. The third-order valence-corrected chi connectivity index (χ3v) is 7.65. The van der Waals surface area contributed by atoms with Gasteiger partial charge in [0.1, 0.15) is 6.33 Å². The number of nitrogens with zero attached hydrogens (tertiary/aromatic N) is 5. The molecule has 2 amide bonds. The van der Waals surface area contributed by atoms with Crippen LogP contribution in [0.4, 0.5) is 10.5 Å². The van der Waals surface area contributed by atoms with Crippen molar-refractivity contribution in [3.63, 3.8) is 0 Å². The topological polar surface area (TPSA) is 123 Å². The summed E-state index contributed by atoms with van der Waals surface area (Å²) in [5.41, 5.74) is 6.23. The second-order valence-electron chi connectivity index (χ2n) is 8.87. The number of pyridine rings is 1. The summed E-state index contributed by atoms with van der Waals surface area (Å²) in [5, 5.41) is 14.9. The number of aryl methyl sites for hydroxylation is 2. The van der Waals surface area contributed by atoms with Gasteiger partial charge in [-0.3, -0.25) is 9.08 Å². The first-order chi connectivity index (χ1) is 16.4. The van der Waals surface area contributed by atoms with Gasteiger partial charge in [0.25, 0.3) is 10.0 Å². The second-order valence-corrected chi connectivity index (χ2v) is 10.5. The molecule has 2 aliphatic rings. The number of benzene rings is 1. The minimum Gasteiger partial charge on any atom is -0.306 e. The van der Waals surface area contributed by atoms with Crippen molar-refractivity contribution < 1.29 is 13.2 Å². The van der Waals surface area contributed by atoms with Crippen molar-refractivity contribution >= 4 is 27.4 Å². The van der Waals surface area contributed by atoms with Crippen molar-refractivity contribution in [3.05, 3.63) is 59.7 Å². The molecule has 34 heavy (non-hydrogen) atoms. The molecule has 1 aromatic carbocycles. The summed E-state index contributed by atoms with van der Waals surface area (Å²) in [6.45, 7) is 1.99. The van der Waals surface area contributed by atoms with Crippen LogP contribution in [0, 0.1) is 6.92 Å². The van der Waals surface area contributed by atoms with Gasteiger partial charge in [0.05, 0.1) is 11.7 Å². The monoisotopic (exact) mass is 477 g/mol. The van der Waals surface area contributed by atoms with Crippen LogP contribution in [0.3, 0.4) is 0 Å². The van der Waals surface area contributed by atoms with Crippen LogP contribution in [0.15, 0.2) is 48.0 Å². The van der Waals surface area contributed by atoms with Gasteiger partial charge in [-0.25, -0.2) is 9.52 Å². The lowest BCUT2D eigenvalue weighted by atomic mass is 9.93. The molecule has 0 unspecified atom stereocenters. The fourth-order valence-electron chi connectivity index (χ4n) is 4.70. The van der Waals surface area contributed by atoms with Crippen molar-refractivity contribution in [2.24, 2.45) is 0 Å². The standard InChI is InChI=1S/C23H23N7O3S/c1-14-11-15-3-2-4-18(15)22(21(14)16-7-9-29-13-24-26-19(29)12-16)25-23(31)28-34(32,33)20-8-10-30(27-20)17-5-6-17/h7-13,17H,2-6H2,1H3,(H2,25,28,31). The summed E-state index contributed by atoms with van der Waals surface area (Å²) >= 11 is 0. The predicted octanol–water partition coefficient (Wildman–Crippen LogP) is 3.24. The molecule has 0 bridgehead atoms. The molecule has 0 aliphatic heterocycles. The SMILES string of the molecule is Cc1cc2c(c(NC(=O)NS(=O)(=O)c3ccn(C4CC4)n3)c1-c1ccn3cnnc3c1)CCC2. The molecule has 3 heterocycles. The van der Waals surface area contributed by atoms with Gasteiger partial charge in [0.2, 0.25) is 0 Å². The van der Waals surface area contributed by atoms with E-state index in [0.717, 1.165) is 54.4 Å². The van der Waals surface area contributed by atoms with Crippen LogP contribution >= 0.6 is 0 Å². The Morgan fingerprint density at radius 1 is 1.15 bits per heavy atom. The minimum atomic E-state index is -4.10. The Morgan fingerprint density at radius 3 is 2.82 bits per heavy atom. The molecule has 3 aromatic heterocycles. The lowest BCUT2D eigenvalue weighted by Gasteiger charge is -2.19. The van der Waals surface area contributed by atoms with Gasteiger partial charge in [0, 0.05) is 18.0 Å². The zero-order chi connectivity index (χ0) is 23.4. The van der Waals surface area contributed by atoms with Crippen LogP contribution < -0.4 is 10.0 Å². The first-order valence-electron chi connectivity index (χ1n) is 11.2. The van der Waals surface area contributed by atoms with E-state index in [1.165, 1.54) is 11.6 Å². The lowest BCUT2D eigenvalue weighted by Crippen LogP contribution is -2.35. The van der Waals surface area contributed by atoms with E-state index in [2.05, 4.69) is 31.4 Å². The number of fused-ring (bicyclic) bond motifs is 2. The number of anilines is 1. The number of sulfonamides is 1. The summed E-state index contributed by atoms with van der Waals surface area (Å²) in [7, 11) is -4.10. The van der Waals surface area contributed by atoms with Crippen LogP contribution in [0.5, 0.6) is 0 Å². The molecule has 0 spiro atoms. The zero-order valence-electron chi connectivity index (χ0n) is 18.5. The Balaban J connectivity index is 1.35. The Hall–Kier alpha value is -3.73. The van der Waals surface area contributed by atoms with E-state index in [-0.39, 0.29) is 11.1 Å². The van der Waals surface area contributed by atoms with Crippen molar-refractivity contribution in [3.8, 4) is 11.1 Å². The van der Waals surface area contributed by atoms with E-state index in [9.17, 15) is 13.2 Å². The molecule has 0 radical (unpaired) electrons. The maximum atomic E-state index is 13.0. The first-order valence-corrected chi connectivity index (χ1v) is 12.7. The summed E-state index contributed by atoms with van der Waals surface area (Å²) in [5.74, 6) is 0. The van der Waals surface area contributed by atoms with Gasteiger partial charge in [-0.15, -0.1) is 10.2 Å². The largest absolute Gasteiger partial charge is 0.333 e. The molecule has 174 valence electrons. The van der Waals surface area contributed by atoms with Crippen LogP contribution in [-0.2, 0) is 22.9 Å². The maximum absolute atomic E-state index is 13.0. The zero-order valence-corrected chi connectivity index (χ0v) is 19.3. The highest BCUT2D eigenvalue weighted by atomic mass is 32.2. The smallest absolute Gasteiger partial charge is 0.306 e. The average Bonchev–Trinajstić information content (AvgIpc) is 3.19. The molecule has 2 aliphatic carbocycles. The number of aromatic nitrogens is 5. The molecule has 1 fully saturated rings. The summed E-state index contributed by atoms with van der Waals surface area (Å²) in [6, 6.07) is 6.84. The van der Waals surface area contributed by atoms with Crippen molar-refractivity contribution in [2.75, 3.05) is 5.32 Å². The Bertz CT molecular complexity index is 1550. The van der Waals surface area contributed by atoms with Crippen molar-refractivity contribution in [1.29, 1.82) is 0 Å². The van der Waals surface area contributed by atoms with E-state index in [4.69, 9.17) is 0 Å². The highest BCUT2D eigenvalue weighted by Crippen LogP contribution is 2.40. The number of amides is 2. The predicted molar refractivity (Wildman–Crippen MR) is 125 cm³/mol. The number of hydrogen-bond donors (Lipinski definition) is 2. The van der Waals surface area contributed by atoms with E-state index >= 15 is 0 Å². The molecule has 2 N–H and O–H groups in total. The fourth-order valence-corrected chi connectivity index (χ4v) is 5.54.